The van der Waals surface area contributed by atoms with E-state index in [4.69, 9.17) is 18.5 Å². The first-order valence-electron chi connectivity index (χ1n) is 42.3. The van der Waals surface area contributed by atoms with Crippen LogP contribution in [0.15, 0.2) is 85.1 Å². The lowest BCUT2D eigenvalue weighted by atomic mass is 10.0. The number of unbranched alkanes of at least 4 members (excludes halogenated alkanes) is 51. The molecule has 0 spiro atoms. The quantitative estimate of drug-likeness (QED) is 0.0195. The lowest BCUT2D eigenvalue weighted by molar-refractivity contribution is -0.870. The number of hydrogen-bond donors (Lipinski definition) is 0. The van der Waals surface area contributed by atoms with Crippen LogP contribution < -0.4 is 4.89 Å². The molecule has 0 bridgehead atoms. The van der Waals surface area contributed by atoms with E-state index in [0.29, 0.717) is 17.4 Å². The number of phosphoric ester groups is 1. The summed E-state index contributed by atoms with van der Waals surface area (Å²) in [6.45, 7) is 4.18. The summed E-state index contributed by atoms with van der Waals surface area (Å²) < 4.78 is 34.5. The third-order valence-electron chi connectivity index (χ3n) is 18.9. The van der Waals surface area contributed by atoms with Gasteiger partial charge in [0.25, 0.3) is 7.82 Å². The summed E-state index contributed by atoms with van der Waals surface area (Å²) in [5.74, 6) is -0.811. The van der Waals surface area contributed by atoms with Crippen LogP contribution in [-0.4, -0.2) is 70.0 Å². The second-order valence-corrected chi connectivity index (χ2v) is 31.2. The van der Waals surface area contributed by atoms with Crippen LogP contribution in [0.3, 0.4) is 0 Å². The molecule has 10 heteroatoms. The van der Waals surface area contributed by atoms with Crippen LogP contribution in [0.2, 0.25) is 0 Å². The molecule has 0 saturated heterocycles. The van der Waals surface area contributed by atoms with E-state index in [9.17, 15) is 19.0 Å². The molecule has 0 aliphatic rings. The van der Waals surface area contributed by atoms with Crippen molar-refractivity contribution >= 4 is 19.8 Å². The fraction of sp³-hybridized carbons (Fsp3) is 0.818. The molecule has 0 amide bonds. The second kappa shape index (κ2) is 78.3. The highest BCUT2D eigenvalue weighted by molar-refractivity contribution is 7.45. The molecule has 0 radical (unpaired) electrons. The van der Waals surface area contributed by atoms with Crippen molar-refractivity contribution in [2.75, 3.05) is 47.5 Å². The Hall–Kier alpha value is -2.81. The van der Waals surface area contributed by atoms with Crippen LogP contribution in [0.4, 0.5) is 0 Å². The Morgan fingerprint density at radius 2 is 0.582 bits per heavy atom. The molecule has 0 N–H and O–H groups in total. The number of allylic oxidation sites excluding steroid dienone is 14. The molecule has 0 fully saturated rings. The van der Waals surface area contributed by atoms with E-state index in [-0.39, 0.29) is 32.0 Å². The number of likely N-dealkylation sites (N-methyl/N-ethyl adjacent to an activating group) is 1. The van der Waals surface area contributed by atoms with Crippen molar-refractivity contribution < 1.29 is 42.1 Å². The summed E-state index contributed by atoms with van der Waals surface area (Å²) in [7, 11) is 1.19. The standard InChI is InChI=1S/C88H162NO8P/c1-6-8-10-12-14-16-18-20-22-24-26-28-30-32-34-36-38-40-42-43-44-45-47-48-50-52-54-56-58-60-62-64-66-68-70-72-74-76-78-80-87(90)94-84-86(85-96-98(92,93)95-83-82-89(3,4)5)97-88(91)81-79-77-75-73-71-69-67-65-63-61-59-57-55-53-51-49-46-41-39-37-35-33-31-29-27-25-23-21-19-17-15-13-11-9-7-2/h9,11,15,17-18,20-21,23-24,26-27,29-30,32,86H,6-8,10,12-14,16,19,22,25,28,31,33-85H2,1-5H3/b11-9-,17-15-,20-18-,23-21-,26-24-,29-27-,32-30-. The molecule has 0 aromatic carbocycles. The van der Waals surface area contributed by atoms with E-state index in [0.717, 1.165) is 70.6 Å². The Labute approximate surface area is 609 Å². The van der Waals surface area contributed by atoms with Gasteiger partial charge in [0, 0.05) is 12.8 Å². The van der Waals surface area contributed by atoms with Crippen LogP contribution in [0.1, 0.15) is 412 Å². The summed E-state index contributed by atoms with van der Waals surface area (Å²) >= 11 is 0. The van der Waals surface area contributed by atoms with Crippen LogP contribution in [0, 0.1) is 0 Å². The van der Waals surface area contributed by atoms with Gasteiger partial charge in [-0.2, -0.15) is 0 Å². The summed E-state index contributed by atoms with van der Waals surface area (Å²) in [6, 6.07) is 0. The van der Waals surface area contributed by atoms with Gasteiger partial charge < -0.3 is 27.9 Å². The first-order chi connectivity index (χ1) is 48.0. The third-order valence-corrected chi connectivity index (χ3v) is 19.9. The van der Waals surface area contributed by atoms with E-state index < -0.39 is 26.5 Å². The van der Waals surface area contributed by atoms with Crippen LogP contribution in [-0.2, 0) is 32.7 Å². The maximum atomic E-state index is 12.9. The lowest BCUT2D eigenvalue weighted by Gasteiger charge is -2.28. The zero-order valence-corrected chi connectivity index (χ0v) is 66.4. The first-order valence-corrected chi connectivity index (χ1v) is 43.8. The Morgan fingerprint density at radius 3 is 0.867 bits per heavy atom. The summed E-state index contributed by atoms with van der Waals surface area (Å²) in [5.41, 5.74) is 0. The molecule has 2 unspecified atom stereocenters. The van der Waals surface area contributed by atoms with E-state index in [1.54, 1.807) is 0 Å². The number of carbonyl (C=O) groups excluding carboxylic acids is 2. The average molecular weight is 1390 g/mol. The number of esters is 2. The summed E-state index contributed by atoms with van der Waals surface area (Å²) in [4.78, 5) is 38.2. The Bertz CT molecular complexity index is 1930. The van der Waals surface area contributed by atoms with Gasteiger partial charge in [-0.05, 0) is 89.9 Å². The summed E-state index contributed by atoms with van der Waals surface area (Å²) in [5, 5.41) is 0. The Morgan fingerprint density at radius 1 is 0.327 bits per heavy atom. The zero-order valence-electron chi connectivity index (χ0n) is 65.5. The predicted molar refractivity (Wildman–Crippen MR) is 425 cm³/mol. The van der Waals surface area contributed by atoms with Crippen molar-refractivity contribution in [2.24, 2.45) is 0 Å². The van der Waals surface area contributed by atoms with Gasteiger partial charge in [-0.1, -0.05) is 394 Å². The van der Waals surface area contributed by atoms with Gasteiger partial charge in [0.15, 0.2) is 6.10 Å². The average Bonchev–Trinajstić information content (AvgIpc) is 1.08. The van der Waals surface area contributed by atoms with Gasteiger partial charge in [-0.25, -0.2) is 0 Å². The number of carbonyl (C=O) groups is 2. The van der Waals surface area contributed by atoms with E-state index in [2.05, 4.69) is 98.9 Å². The van der Waals surface area contributed by atoms with Crippen molar-refractivity contribution in [1.82, 2.24) is 0 Å². The number of nitrogens with zero attached hydrogens (tertiary/aromatic N) is 1. The van der Waals surface area contributed by atoms with Gasteiger partial charge in [0.1, 0.15) is 19.8 Å². The molecule has 2 atom stereocenters. The molecule has 0 saturated carbocycles. The highest BCUT2D eigenvalue weighted by atomic mass is 31.2. The van der Waals surface area contributed by atoms with Crippen molar-refractivity contribution in [3.63, 3.8) is 0 Å². The maximum Gasteiger partial charge on any atom is 0.306 e. The lowest BCUT2D eigenvalue weighted by Crippen LogP contribution is -2.37. The fourth-order valence-electron chi connectivity index (χ4n) is 12.5. The van der Waals surface area contributed by atoms with Crippen LogP contribution in [0.5, 0.6) is 0 Å². The molecular weight excluding hydrogens is 1230 g/mol. The predicted octanol–water partition coefficient (Wildman–Crippen LogP) is 27.8. The fourth-order valence-corrected chi connectivity index (χ4v) is 13.2. The highest BCUT2D eigenvalue weighted by Gasteiger charge is 2.22. The number of hydrogen-bond acceptors (Lipinski definition) is 8. The molecule has 9 nitrogen and oxygen atoms in total. The first kappa shape index (κ1) is 95.2. The maximum absolute atomic E-state index is 12.9. The van der Waals surface area contributed by atoms with Crippen LogP contribution in [0.25, 0.3) is 0 Å². The van der Waals surface area contributed by atoms with Gasteiger partial charge in [0.2, 0.25) is 0 Å². The minimum Gasteiger partial charge on any atom is -0.756 e. The SMILES string of the molecule is CC/C=C\C/C=C\C/C=C\C/C=C\CCCCCCCCCCCCCCCCCCCCCCCCC(=O)OC(COC(=O)CCCCCCCCCCCCCCCCCCCCCCCCCC/C=C\C/C=C\C/C=C\CCCCCCC)COP(=O)([O-])OCC[N+](C)(C)C. The largest absolute Gasteiger partial charge is 0.756 e. The van der Waals surface area contributed by atoms with E-state index in [1.807, 2.05) is 21.1 Å². The molecule has 0 heterocycles. The van der Waals surface area contributed by atoms with Gasteiger partial charge in [-0.3, -0.25) is 14.2 Å². The number of ether oxygens (including phenoxy) is 2. The number of quaternary nitrogens is 1. The number of rotatable bonds is 79. The Kier molecular flexibility index (Phi) is 76.1. The van der Waals surface area contributed by atoms with Gasteiger partial charge in [-0.15, -0.1) is 0 Å². The molecule has 98 heavy (non-hydrogen) atoms. The van der Waals surface area contributed by atoms with Crippen molar-refractivity contribution in [2.45, 2.75) is 418 Å². The molecule has 0 aliphatic carbocycles. The molecule has 0 aromatic heterocycles. The minimum atomic E-state index is -4.65. The molecule has 0 aliphatic heterocycles. The van der Waals surface area contributed by atoms with Crippen LogP contribution >= 0.6 is 7.82 Å². The highest BCUT2D eigenvalue weighted by Crippen LogP contribution is 2.38. The monoisotopic (exact) mass is 1390 g/mol. The van der Waals surface area contributed by atoms with Crippen molar-refractivity contribution in [3.8, 4) is 0 Å². The summed E-state index contributed by atoms with van der Waals surface area (Å²) in [6.07, 6.45) is 109. The van der Waals surface area contributed by atoms with Crippen molar-refractivity contribution in [3.05, 3.63) is 85.1 Å². The smallest absolute Gasteiger partial charge is 0.306 e. The van der Waals surface area contributed by atoms with E-state index in [1.165, 1.54) is 308 Å². The van der Waals surface area contributed by atoms with Gasteiger partial charge >= 0.3 is 11.9 Å². The second-order valence-electron chi connectivity index (χ2n) is 29.8. The van der Waals surface area contributed by atoms with Gasteiger partial charge in [0.05, 0.1) is 27.7 Å². The third kappa shape index (κ3) is 82.1. The van der Waals surface area contributed by atoms with Crippen molar-refractivity contribution in [1.29, 1.82) is 0 Å². The zero-order chi connectivity index (χ0) is 71.1. The minimum absolute atomic E-state index is 0.0293. The normalized spacial score (nSPS) is 13.4. The molecule has 0 rings (SSSR count). The molecule has 0 aromatic rings. The van der Waals surface area contributed by atoms with E-state index >= 15 is 0 Å². The molecule has 572 valence electrons. The topological polar surface area (TPSA) is 111 Å². The molecular formula is C88H162NO8P. The number of phosphoric acid groups is 1. The Balaban J connectivity index is 3.88.